The van der Waals surface area contributed by atoms with Crippen molar-refractivity contribution < 1.29 is 12.4 Å². The van der Waals surface area contributed by atoms with Crippen LogP contribution in [0, 0.1) is 6.92 Å². The summed E-state index contributed by atoms with van der Waals surface area (Å²) in [5.74, 6) is 0.440. The molecule has 2 N–H and O–H groups in total. The molecule has 0 spiro atoms. The molecular weight excluding hydrogens is 392 g/mol. The molecule has 1 fully saturated rings. The van der Waals surface area contributed by atoms with Crippen LogP contribution in [-0.4, -0.2) is 52.1 Å². The second-order valence-corrected chi connectivity index (χ2v) is 7.43. The highest BCUT2D eigenvalue weighted by Crippen LogP contribution is 2.25. The molecule has 1 aliphatic rings. The van der Waals surface area contributed by atoms with Crippen molar-refractivity contribution in [2.75, 3.05) is 36.5 Å². The summed E-state index contributed by atoms with van der Waals surface area (Å²) in [5, 5.41) is 2.92. The topological polar surface area (TPSA) is 96.0 Å². The van der Waals surface area contributed by atoms with Gasteiger partial charge in [-0.05, 0) is 48.9 Å². The molecule has 3 aromatic heterocycles. The molecule has 1 aromatic carbocycles. The minimum atomic E-state index is -0.235. The van der Waals surface area contributed by atoms with E-state index < -0.39 is 0 Å². The Bertz CT molecular complexity index is 1240. The van der Waals surface area contributed by atoms with Gasteiger partial charge in [0.2, 0.25) is 0 Å². The third-order valence-corrected chi connectivity index (χ3v) is 5.44. The lowest BCUT2D eigenvalue weighted by molar-refractivity contribution is 0.102. The zero-order valence-electron chi connectivity index (χ0n) is 17.1. The number of morpholine rings is 1. The van der Waals surface area contributed by atoms with Gasteiger partial charge in [-0.1, -0.05) is 0 Å². The number of benzene rings is 1. The molecule has 8 heteroatoms. The zero-order chi connectivity index (χ0) is 21.2. The number of nitrogens with zero attached hydrogens (tertiary/aromatic N) is 4. The third kappa shape index (κ3) is 3.85. The smallest absolute Gasteiger partial charge is 0.258 e. The van der Waals surface area contributed by atoms with Crippen molar-refractivity contribution in [2.24, 2.45) is 0 Å². The second-order valence-electron chi connectivity index (χ2n) is 7.43. The van der Waals surface area contributed by atoms with Crippen LogP contribution in [0.3, 0.4) is 0 Å². The maximum Gasteiger partial charge on any atom is 0.258 e. The van der Waals surface area contributed by atoms with Gasteiger partial charge in [0.15, 0.2) is 5.65 Å². The Morgan fingerprint density at radius 3 is 2.71 bits per heavy atom. The normalized spacial score (nSPS) is 14.0. The number of aromatic amines is 1. The SMILES string of the molecule is Cc1ccncc1NC(=O)c1ccnc2nc(-c3ccc(N4CCOCC4)cc3)[nH]c12.[HH].[HH]. The number of aryl methyl sites for hydroxylation is 1. The number of aromatic nitrogens is 4. The van der Waals surface area contributed by atoms with Crippen molar-refractivity contribution >= 4 is 28.4 Å². The summed E-state index contributed by atoms with van der Waals surface area (Å²) < 4.78 is 5.42. The number of H-pyrrole nitrogens is 1. The van der Waals surface area contributed by atoms with E-state index >= 15 is 0 Å². The Kier molecular flexibility index (Phi) is 5.05. The highest BCUT2D eigenvalue weighted by Gasteiger charge is 2.17. The summed E-state index contributed by atoms with van der Waals surface area (Å²) >= 11 is 0. The van der Waals surface area contributed by atoms with Gasteiger partial charge in [0, 0.05) is 39.6 Å². The number of nitrogens with one attached hydrogen (secondary N) is 2. The van der Waals surface area contributed by atoms with E-state index in [1.54, 1.807) is 24.7 Å². The molecule has 0 saturated carbocycles. The Hall–Kier alpha value is -3.78. The molecule has 8 nitrogen and oxygen atoms in total. The summed E-state index contributed by atoms with van der Waals surface area (Å²) in [4.78, 5) is 31.5. The lowest BCUT2D eigenvalue weighted by Gasteiger charge is -2.28. The first-order valence-corrected chi connectivity index (χ1v) is 10.2. The molecule has 0 aliphatic carbocycles. The number of hydrogen-bond acceptors (Lipinski definition) is 6. The highest BCUT2D eigenvalue weighted by molar-refractivity contribution is 6.11. The van der Waals surface area contributed by atoms with Crippen LogP contribution >= 0.6 is 0 Å². The highest BCUT2D eigenvalue weighted by atomic mass is 16.5. The second kappa shape index (κ2) is 8.16. The van der Waals surface area contributed by atoms with Crippen molar-refractivity contribution in [2.45, 2.75) is 6.92 Å². The van der Waals surface area contributed by atoms with Crippen molar-refractivity contribution in [3.05, 3.63) is 66.1 Å². The Balaban J connectivity index is 0.00000153. The fourth-order valence-electron chi connectivity index (χ4n) is 3.67. The van der Waals surface area contributed by atoms with Crippen molar-refractivity contribution in [3.8, 4) is 11.4 Å². The molecule has 4 heterocycles. The first-order chi connectivity index (χ1) is 15.2. The van der Waals surface area contributed by atoms with E-state index in [0.717, 1.165) is 43.1 Å². The summed E-state index contributed by atoms with van der Waals surface area (Å²) in [7, 11) is 0. The monoisotopic (exact) mass is 418 g/mol. The van der Waals surface area contributed by atoms with Crippen LogP contribution in [0.4, 0.5) is 11.4 Å². The lowest BCUT2D eigenvalue weighted by Crippen LogP contribution is -2.36. The molecule has 0 radical (unpaired) electrons. The van der Waals surface area contributed by atoms with E-state index in [1.807, 2.05) is 25.1 Å². The zero-order valence-corrected chi connectivity index (χ0v) is 17.1. The predicted octanol–water partition coefficient (Wildman–Crippen LogP) is 3.91. The quantitative estimate of drug-likeness (QED) is 0.522. The van der Waals surface area contributed by atoms with Crippen LogP contribution in [0.25, 0.3) is 22.6 Å². The minimum absolute atomic E-state index is 0. The van der Waals surface area contributed by atoms with Gasteiger partial charge in [-0.25, -0.2) is 9.97 Å². The number of carbonyl (C=O) groups is 1. The van der Waals surface area contributed by atoms with Crippen LogP contribution in [-0.2, 0) is 4.74 Å². The molecule has 4 aromatic rings. The molecule has 1 saturated heterocycles. The number of ether oxygens (including phenoxy) is 1. The molecule has 0 bridgehead atoms. The van der Waals surface area contributed by atoms with Gasteiger partial charge >= 0.3 is 0 Å². The summed E-state index contributed by atoms with van der Waals surface area (Å²) in [6.07, 6.45) is 4.93. The molecule has 31 heavy (non-hydrogen) atoms. The van der Waals surface area contributed by atoms with Gasteiger partial charge in [0.1, 0.15) is 5.82 Å². The number of anilines is 2. The van der Waals surface area contributed by atoms with E-state index in [-0.39, 0.29) is 8.76 Å². The standard InChI is InChI=1S/C23H22N6O2.2H2/c1-15-6-8-24-14-19(15)26-23(30)18-7-9-25-22-20(18)27-21(28-22)16-2-4-17(5-3-16)29-10-12-31-13-11-29;;/h2-9,14H,10-13H2,1H3,(H,26,30)(H,25,27,28);2*1H. The Morgan fingerprint density at radius 2 is 1.94 bits per heavy atom. The largest absolute Gasteiger partial charge is 0.378 e. The molecular formula is C23H26N6O2. The number of imidazole rings is 1. The van der Waals surface area contributed by atoms with E-state index in [9.17, 15) is 4.79 Å². The molecule has 0 atom stereocenters. The fourth-order valence-corrected chi connectivity index (χ4v) is 3.67. The minimum Gasteiger partial charge on any atom is -0.378 e. The maximum absolute atomic E-state index is 12.9. The van der Waals surface area contributed by atoms with Gasteiger partial charge < -0.3 is 19.9 Å². The van der Waals surface area contributed by atoms with E-state index in [0.29, 0.717) is 28.2 Å². The predicted molar refractivity (Wildman–Crippen MR) is 124 cm³/mol. The number of pyridine rings is 2. The van der Waals surface area contributed by atoms with Gasteiger partial charge in [0.25, 0.3) is 5.91 Å². The average Bonchev–Trinajstić information content (AvgIpc) is 3.26. The summed E-state index contributed by atoms with van der Waals surface area (Å²) in [6.45, 7) is 5.21. The van der Waals surface area contributed by atoms with Crippen LogP contribution in [0.15, 0.2) is 55.0 Å². The number of amides is 1. The first kappa shape index (κ1) is 19.2. The first-order valence-electron chi connectivity index (χ1n) is 10.2. The van der Waals surface area contributed by atoms with Crippen molar-refractivity contribution in [3.63, 3.8) is 0 Å². The maximum atomic E-state index is 12.9. The van der Waals surface area contributed by atoms with Gasteiger partial charge in [-0.15, -0.1) is 0 Å². The Labute approximate surface area is 182 Å². The average molecular weight is 419 g/mol. The molecule has 1 aliphatic heterocycles. The van der Waals surface area contributed by atoms with E-state index in [2.05, 4.69) is 42.3 Å². The number of hydrogen-bond donors (Lipinski definition) is 2. The van der Waals surface area contributed by atoms with E-state index in [4.69, 9.17) is 4.74 Å². The van der Waals surface area contributed by atoms with Crippen molar-refractivity contribution in [1.82, 2.24) is 19.9 Å². The van der Waals surface area contributed by atoms with Gasteiger partial charge in [-0.3, -0.25) is 9.78 Å². The lowest BCUT2D eigenvalue weighted by atomic mass is 10.2. The fraction of sp³-hybridized carbons (Fsp3) is 0.217. The van der Waals surface area contributed by atoms with Crippen LogP contribution in [0.5, 0.6) is 0 Å². The number of rotatable bonds is 4. The van der Waals surface area contributed by atoms with Gasteiger partial charge in [0.05, 0.1) is 36.2 Å². The van der Waals surface area contributed by atoms with E-state index in [1.165, 1.54) is 0 Å². The van der Waals surface area contributed by atoms with Gasteiger partial charge in [-0.2, -0.15) is 0 Å². The summed E-state index contributed by atoms with van der Waals surface area (Å²) in [5.41, 5.74) is 5.31. The summed E-state index contributed by atoms with van der Waals surface area (Å²) in [6, 6.07) is 11.8. The van der Waals surface area contributed by atoms with Crippen LogP contribution in [0.1, 0.15) is 18.8 Å². The number of carbonyl (C=O) groups excluding carboxylic acids is 1. The Morgan fingerprint density at radius 1 is 1.13 bits per heavy atom. The third-order valence-electron chi connectivity index (χ3n) is 5.44. The molecule has 5 rings (SSSR count). The molecule has 1 amide bonds. The molecule has 160 valence electrons. The van der Waals surface area contributed by atoms with Crippen LogP contribution in [0.2, 0.25) is 0 Å². The van der Waals surface area contributed by atoms with Crippen LogP contribution < -0.4 is 10.2 Å². The molecule has 0 unspecified atom stereocenters. The van der Waals surface area contributed by atoms with Crippen molar-refractivity contribution in [1.29, 1.82) is 0 Å². The number of fused-ring (bicyclic) bond motifs is 1.